The highest BCUT2D eigenvalue weighted by molar-refractivity contribution is 9.11. The number of benzene rings is 1. The lowest BCUT2D eigenvalue weighted by Gasteiger charge is -2.21. The number of nitrogens with one attached hydrogen (secondary N) is 1. The number of halogens is 2. The lowest BCUT2D eigenvalue weighted by Crippen LogP contribution is -2.34. The zero-order valence-electron chi connectivity index (χ0n) is 9.50. The summed E-state index contributed by atoms with van der Waals surface area (Å²) < 4.78 is 2.14. The van der Waals surface area contributed by atoms with Crippen molar-refractivity contribution in [3.05, 3.63) is 32.7 Å². The van der Waals surface area contributed by atoms with Crippen LogP contribution in [-0.4, -0.2) is 17.8 Å². The van der Waals surface area contributed by atoms with E-state index in [0.29, 0.717) is 0 Å². The molecule has 1 aromatic rings. The monoisotopic (exact) mass is 349 g/mol. The van der Waals surface area contributed by atoms with E-state index in [4.69, 9.17) is 5.11 Å². The van der Waals surface area contributed by atoms with Crippen LogP contribution in [0.2, 0.25) is 0 Å². The fourth-order valence-corrected chi connectivity index (χ4v) is 2.99. The van der Waals surface area contributed by atoms with Crippen molar-refractivity contribution in [2.24, 2.45) is 0 Å². The highest BCUT2D eigenvalue weighted by Gasteiger charge is 2.13. The van der Waals surface area contributed by atoms with E-state index < -0.39 is 0 Å². The van der Waals surface area contributed by atoms with E-state index in [1.165, 1.54) is 5.56 Å². The maximum atomic E-state index is 9.15. The molecule has 1 aromatic carbocycles. The Balaban J connectivity index is 2.76. The van der Waals surface area contributed by atoms with E-state index in [9.17, 15) is 0 Å². The van der Waals surface area contributed by atoms with Gasteiger partial charge in [-0.25, -0.2) is 0 Å². The van der Waals surface area contributed by atoms with Crippen molar-refractivity contribution in [1.29, 1.82) is 0 Å². The standard InChI is InChI=1S/C12H17Br2NO/c1-3-10(7-16)15-8(2)11-5-4-9(13)6-12(11)14/h4-6,8,10,15-16H,3,7H2,1-2H3/t8?,10-/m0/s1. The molecule has 90 valence electrons. The Morgan fingerprint density at radius 3 is 2.56 bits per heavy atom. The van der Waals surface area contributed by atoms with Gasteiger partial charge in [-0.2, -0.15) is 0 Å². The topological polar surface area (TPSA) is 32.3 Å². The summed E-state index contributed by atoms with van der Waals surface area (Å²) in [5.41, 5.74) is 1.20. The Morgan fingerprint density at radius 2 is 2.06 bits per heavy atom. The summed E-state index contributed by atoms with van der Waals surface area (Å²) in [4.78, 5) is 0. The van der Waals surface area contributed by atoms with Crippen LogP contribution in [0.3, 0.4) is 0 Å². The fourth-order valence-electron chi connectivity index (χ4n) is 1.60. The van der Waals surface area contributed by atoms with Crippen molar-refractivity contribution >= 4 is 31.9 Å². The van der Waals surface area contributed by atoms with Gasteiger partial charge in [0, 0.05) is 21.0 Å². The van der Waals surface area contributed by atoms with E-state index in [2.05, 4.69) is 57.1 Å². The minimum atomic E-state index is 0.158. The molecule has 0 amide bonds. The van der Waals surface area contributed by atoms with Crippen molar-refractivity contribution in [3.63, 3.8) is 0 Å². The maximum Gasteiger partial charge on any atom is 0.0584 e. The second kappa shape index (κ2) is 6.74. The van der Waals surface area contributed by atoms with Gasteiger partial charge in [0.05, 0.1) is 6.61 Å². The molecule has 0 spiro atoms. The van der Waals surface area contributed by atoms with Crippen molar-refractivity contribution in [2.75, 3.05) is 6.61 Å². The van der Waals surface area contributed by atoms with Crippen LogP contribution in [0, 0.1) is 0 Å². The molecule has 0 aliphatic rings. The van der Waals surface area contributed by atoms with Crippen LogP contribution in [0.5, 0.6) is 0 Å². The Kier molecular flexibility index (Phi) is 5.97. The molecule has 0 aliphatic heterocycles. The molecule has 4 heteroatoms. The highest BCUT2D eigenvalue weighted by Crippen LogP contribution is 2.27. The van der Waals surface area contributed by atoms with Gasteiger partial charge < -0.3 is 10.4 Å². The quantitative estimate of drug-likeness (QED) is 0.849. The first-order chi connectivity index (χ1) is 7.58. The predicted octanol–water partition coefficient (Wildman–Crippen LogP) is 3.63. The summed E-state index contributed by atoms with van der Waals surface area (Å²) in [6.45, 7) is 4.35. The Morgan fingerprint density at radius 1 is 1.38 bits per heavy atom. The van der Waals surface area contributed by atoms with Crippen LogP contribution in [0.4, 0.5) is 0 Å². The normalized spacial score (nSPS) is 14.8. The van der Waals surface area contributed by atoms with Gasteiger partial charge in [-0.15, -0.1) is 0 Å². The summed E-state index contributed by atoms with van der Waals surface area (Å²) in [6.07, 6.45) is 0.926. The van der Waals surface area contributed by atoms with Crippen LogP contribution in [-0.2, 0) is 0 Å². The van der Waals surface area contributed by atoms with E-state index in [1.807, 2.05) is 12.1 Å². The largest absolute Gasteiger partial charge is 0.395 e. The third-order valence-electron chi connectivity index (χ3n) is 2.63. The molecular weight excluding hydrogens is 334 g/mol. The SMILES string of the molecule is CC[C@@H](CO)NC(C)c1ccc(Br)cc1Br. The zero-order chi connectivity index (χ0) is 12.1. The second-order valence-corrected chi connectivity index (χ2v) is 5.61. The zero-order valence-corrected chi connectivity index (χ0v) is 12.7. The molecular formula is C12H17Br2NO. The molecule has 0 fully saturated rings. The van der Waals surface area contributed by atoms with Crippen molar-refractivity contribution < 1.29 is 5.11 Å². The van der Waals surface area contributed by atoms with Crippen LogP contribution < -0.4 is 5.32 Å². The van der Waals surface area contributed by atoms with Gasteiger partial charge in [-0.05, 0) is 31.0 Å². The molecule has 0 heterocycles. The molecule has 0 saturated heterocycles. The third-order valence-corrected chi connectivity index (χ3v) is 3.81. The molecule has 0 aliphatic carbocycles. The number of rotatable bonds is 5. The predicted molar refractivity (Wildman–Crippen MR) is 74.6 cm³/mol. The lowest BCUT2D eigenvalue weighted by molar-refractivity contribution is 0.230. The van der Waals surface area contributed by atoms with Crippen LogP contribution in [0.25, 0.3) is 0 Å². The van der Waals surface area contributed by atoms with Crippen molar-refractivity contribution in [3.8, 4) is 0 Å². The summed E-state index contributed by atoms with van der Waals surface area (Å²) >= 11 is 6.98. The van der Waals surface area contributed by atoms with Crippen molar-refractivity contribution in [2.45, 2.75) is 32.4 Å². The van der Waals surface area contributed by atoms with Crippen LogP contribution in [0.15, 0.2) is 27.1 Å². The number of aliphatic hydroxyl groups is 1. The summed E-state index contributed by atoms with van der Waals surface area (Å²) in [5.74, 6) is 0. The van der Waals surface area contributed by atoms with Gasteiger partial charge in [0.1, 0.15) is 0 Å². The third kappa shape index (κ3) is 3.84. The molecule has 1 unspecified atom stereocenters. The van der Waals surface area contributed by atoms with Crippen LogP contribution >= 0.6 is 31.9 Å². The Labute approximate surface area is 114 Å². The first kappa shape index (κ1) is 14.2. The molecule has 0 aromatic heterocycles. The maximum absolute atomic E-state index is 9.15. The molecule has 2 atom stereocenters. The molecule has 0 radical (unpaired) electrons. The number of hydrogen-bond acceptors (Lipinski definition) is 2. The van der Waals surface area contributed by atoms with Gasteiger partial charge in [-0.3, -0.25) is 0 Å². The average molecular weight is 351 g/mol. The van der Waals surface area contributed by atoms with Gasteiger partial charge in [0.15, 0.2) is 0 Å². The van der Waals surface area contributed by atoms with Gasteiger partial charge in [0.2, 0.25) is 0 Å². The molecule has 1 rings (SSSR count). The van der Waals surface area contributed by atoms with E-state index in [1.54, 1.807) is 0 Å². The minimum absolute atomic E-state index is 0.158. The van der Waals surface area contributed by atoms with Gasteiger partial charge >= 0.3 is 0 Å². The number of hydrogen-bond donors (Lipinski definition) is 2. The van der Waals surface area contributed by atoms with Crippen LogP contribution in [0.1, 0.15) is 31.9 Å². The summed E-state index contributed by atoms with van der Waals surface area (Å²) in [7, 11) is 0. The molecule has 16 heavy (non-hydrogen) atoms. The fraction of sp³-hybridized carbons (Fsp3) is 0.500. The smallest absolute Gasteiger partial charge is 0.0584 e. The van der Waals surface area contributed by atoms with E-state index >= 15 is 0 Å². The first-order valence-corrected chi connectivity index (χ1v) is 6.99. The summed E-state index contributed by atoms with van der Waals surface area (Å²) in [6, 6.07) is 6.52. The molecule has 2 nitrogen and oxygen atoms in total. The lowest BCUT2D eigenvalue weighted by atomic mass is 10.1. The molecule has 0 saturated carbocycles. The second-order valence-electron chi connectivity index (χ2n) is 3.84. The van der Waals surface area contributed by atoms with Gasteiger partial charge in [-0.1, -0.05) is 44.8 Å². The Hall–Kier alpha value is 0.1000. The summed E-state index contributed by atoms with van der Waals surface area (Å²) in [5, 5.41) is 12.6. The van der Waals surface area contributed by atoms with E-state index in [-0.39, 0.29) is 18.7 Å². The first-order valence-electron chi connectivity index (χ1n) is 5.40. The highest BCUT2D eigenvalue weighted by atomic mass is 79.9. The molecule has 0 bridgehead atoms. The van der Waals surface area contributed by atoms with Crippen molar-refractivity contribution in [1.82, 2.24) is 5.32 Å². The van der Waals surface area contributed by atoms with E-state index in [0.717, 1.165) is 15.4 Å². The van der Waals surface area contributed by atoms with Gasteiger partial charge in [0.25, 0.3) is 0 Å². The Bertz CT molecular complexity index is 340. The molecule has 2 N–H and O–H groups in total. The average Bonchev–Trinajstić information content (AvgIpc) is 2.25. The number of aliphatic hydroxyl groups excluding tert-OH is 1. The minimum Gasteiger partial charge on any atom is -0.395 e.